The second-order valence-electron chi connectivity index (χ2n) is 6.67. The molecule has 0 spiro atoms. The van der Waals surface area contributed by atoms with Crippen LogP contribution in [0.2, 0.25) is 0 Å². The molecule has 3 nitrogen and oxygen atoms in total. The maximum absolute atomic E-state index is 12.1. The summed E-state index contributed by atoms with van der Waals surface area (Å²) in [7, 11) is 1.47. The predicted molar refractivity (Wildman–Crippen MR) is 98.3 cm³/mol. The summed E-state index contributed by atoms with van der Waals surface area (Å²) in [4.78, 5) is 16.0. The zero-order valence-corrected chi connectivity index (χ0v) is 15.4. The van der Waals surface area contributed by atoms with Gasteiger partial charge in [0.15, 0.2) is 0 Å². The summed E-state index contributed by atoms with van der Waals surface area (Å²) >= 11 is 1.84. The minimum atomic E-state index is -0.144. The van der Waals surface area contributed by atoms with Crippen LogP contribution in [0.1, 0.15) is 53.8 Å². The predicted octanol–water partition coefficient (Wildman–Crippen LogP) is 4.53. The number of carbonyl (C=O) groups excluding carboxylic acids is 1. The lowest BCUT2D eigenvalue weighted by Crippen LogP contribution is -2.35. The van der Waals surface area contributed by atoms with Crippen molar-refractivity contribution in [2.75, 3.05) is 13.7 Å². The Kier molecular flexibility index (Phi) is 5.36. The number of carbonyl (C=O) groups is 1. The molecule has 1 aromatic heterocycles. The summed E-state index contributed by atoms with van der Waals surface area (Å²) in [6, 6.07) is 10.8. The molecule has 1 atom stereocenters. The lowest BCUT2D eigenvalue weighted by Gasteiger charge is -2.35. The minimum absolute atomic E-state index is 0.0732. The highest BCUT2D eigenvalue weighted by atomic mass is 32.1. The van der Waals surface area contributed by atoms with Gasteiger partial charge < -0.3 is 4.74 Å². The zero-order chi connectivity index (χ0) is 17.1. The SMILES string of the molecule is COC(=O)C[C@H](c1ccccc1C(C)C)N1CCc2sccc2C1. The number of esters is 1. The van der Waals surface area contributed by atoms with Crippen molar-refractivity contribution in [1.29, 1.82) is 0 Å². The largest absolute Gasteiger partial charge is 0.469 e. The fraction of sp³-hybridized carbons (Fsp3) is 0.450. The maximum Gasteiger partial charge on any atom is 0.307 e. The van der Waals surface area contributed by atoms with E-state index >= 15 is 0 Å². The first-order valence-electron chi connectivity index (χ1n) is 8.55. The average molecular weight is 343 g/mol. The van der Waals surface area contributed by atoms with Crippen LogP contribution in [-0.2, 0) is 22.5 Å². The monoisotopic (exact) mass is 343 g/mol. The summed E-state index contributed by atoms with van der Waals surface area (Å²) < 4.78 is 4.98. The molecule has 1 aliphatic heterocycles. The van der Waals surface area contributed by atoms with E-state index in [9.17, 15) is 4.79 Å². The fourth-order valence-electron chi connectivity index (χ4n) is 3.55. The number of ether oxygens (including phenoxy) is 1. The summed E-state index contributed by atoms with van der Waals surface area (Å²) in [6.07, 6.45) is 1.47. The molecule has 0 saturated heterocycles. The van der Waals surface area contributed by atoms with Crippen molar-refractivity contribution < 1.29 is 9.53 Å². The number of fused-ring (bicyclic) bond motifs is 1. The van der Waals surface area contributed by atoms with Crippen molar-refractivity contribution in [3.8, 4) is 0 Å². The molecule has 0 N–H and O–H groups in total. The van der Waals surface area contributed by atoms with E-state index in [4.69, 9.17) is 4.74 Å². The van der Waals surface area contributed by atoms with Gasteiger partial charge in [0.05, 0.1) is 13.5 Å². The van der Waals surface area contributed by atoms with Gasteiger partial charge in [0.2, 0.25) is 0 Å². The molecule has 1 aromatic carbocycles. The van der Waals surface area contributed by atoms with Crippen molar-refractivity contribution in [2.45, 2.75) is 45.2 Å². The molecular formula is C20H25NO2S. The molecule has 0 aliphatic carbocycles. The van der Waals surface area contributed by atoms with E-state index in [2.05, 4.69) is 54.5 Å². The maximum atomic E-state index is 12.1. The molecule has 24 heavy (non-hydrogen) atoms. The van der Waals surface area contributed by atoms with Crippen molar-refractivity contribution in [1.82, 2.24) is 4.90 Å². The quantitative estimate of drug-likeness (QED) is 0.747. The Morgan fingerprint density at radius 2 is 2.00 bits per heavy atom. The fourth-order valence-corrected chi connectivity index (χ4v) is 4.44. The van der Waals surface area contributed by atoms with Gasteiger partial charge in [0.1, 0.15) is 0 Å². The molecule has 2 heterocycles. The highest BCUT2D eigenvalue weighted by molar-refractivity contribution is 7.10. The van der Waals surface area contributed by atoms with Gasteiger partial charge in [-0.2, -0.15) is 0 Å². The first-order chi connectivity index (χ1) is 11.6. The Bertz CT molecular complexity index is 707. The second-order valence-corrected chi connectivity index (χ2v) is 7.67. The highest BCUT2D eigenvalue weighted by Crippen LogP contribution is 2.35. The molecule has 0 unspecified atom stereocenters. The Hall–Kier alpha value is -1.65. The third-order valence-corrected chi connectivity index (χ3v) is 5.87. The number of hydrogen-bond donors (Lipinski definition) is 0. The van der Waals surface area contributed by atoms with Crippen molar-refractivity contribution >= 4 is 17.3 Å². The van der Waals surface area contributed by atoms with Gasteiger partial charge in [-0.1, -0.05) is 38.1 Å². The topological polar surface area (TPSA) is 29.5 Å². The minimum Gasteiger partial charge on any atom is -0.469 e. The smallest absolute Gasteiger partial charge is 0.307 e. The molecule has 0 bridgehead atoms. The first-order valence-corrected chi connectivity index (χ1v) is 9.43. The van der Waals surface area contributed by atoms with Gasteiger partial charge in [0, 0.05) is 24.0 Å². The highest BCUT2D eigenvalue weighted by Gasteiger charge is 2.29. The summed E-state index contributed by atoms with van der Waals surface area (Å²) in [5.41, 5.74) is 3.99. The van der Waals surface area contributed by atoms with Crippen LogP contribution in [0.25, 0.3) is 0 Å². The van der Waals surface area contributed by atoms with Crippen LogP contribution in [0.3, 0.4) is 0 Å². The second kappa shape index (κ2) is 7.49. The number of methoxy groups -OCH3 is 1. The Balaban J connectivity index is 1.94. The molecule has 4 heteroatoms. The van der Waals surface area contributed by atoms with E-state index in [1.54, 1.807) is 0 Å². The normalized spacial score (nSPS) is 16.0. The number of hydrogen-bond acceptors (Lipinski definition) is 4. The van der Waals surface area contributed by atoms with Gasteiger partial charge >= 0.3 is 5.97 Å². The molecule has 0 amide bonds. The Morgan fingerprint density at radius 3 is 2.71 bits per heavy atom. The van der Waals surface area contributed by atoms with Crippen LogP contribution in [0.5, 0.6) is 0 Å². The van der Waals surface area contributed by atoms with Gasteiger partial charge in [-0.25, -0.2) is 0 Å². The first kappa shape index (κ1) is 17.2. The molecule has 0 saturated carbocycles. The Morgan fingerprint density at radius 1 is 1.25 bits per heavy atom. The van der Waals surface area contributed by atoms with Gasteiger partial charge in [0.25, 0.3) is 0 Å². The van der Waals surface area contributed by atoms with E-state index in [1.807, 2.05) is 11.3 Å². The van der Waals surface area contributed by atoms with Crippen molar-refractivity contribution in [3.63, 3.8) is 0 Å². The van der Waals surface area contributed by atoms with E-state index in [1.165, 1.54) is 28.7 Å². The molecule has 128 valence electrons. The van der Waals surface area contributed by atoms with Gasteiger partial charge in [-0.15, -0.1) is 11.3 Å². The number of benzene rings is 1. The lowest BCUT2D eigenvalue weighted by molar-refractivity contribution is -0.142. The molecule has 2 aromatic rings. The van der Waals surface area contributed by atoms with E-state index < -0.39 is 0 Å². The molecule has 1 aliphatic rings. The van der Waals surface area contributed by atoms with Crippen LogP contribution < -0.4 is 0 Å². The van der Waals surface area contributed by atoms with Gasteiger partial charge in [-0.3, -0.25) is 9.69 Å². The van der Waals surface area contributed by atoms with Gasteiger partial charge in [-0.05, 0) is 40.5 Å². The molecule has 3 rings (SSSR count). The van der Waals surface area contributed by atoms with Crippen LogP contribution in [0, 0.1) is 0 Å². The van der Waals surface area contributed by atoms with Crippen molar-refractivity contribution in [2.24, 2.45) is 0 Å². The summed E-state index contributed by atoms with van der Waals surface area (Å²) in [5.74, 6) is 0.289. The lowest BCUT2D eigenvalue weighted by atomic mass is 9.89. The summed E-state index contributed by atoms with van der Waals surface area (Å²) in [5, 5.41) is 2.17. The average Bonchev–Trinajstić information content (AvgIpc) is 3.07. The molecule has 0 radical (unpaired) electrons. The third kappa shape index (κ3) is 3.55. The van der Waals surface area contributed by atoms with Crippen molar-refractivity contribution in [3.05, 3.63) is 57.3 Å². The summed E-state index contributed by atoms with van der Waals surface area (Å²) in [6.45, 7) is 6.32. The van der Waals surface area contributed by atoms with Crippen LogP contribution >= 0.6 is 11.3 Å². The zero-order valence-electron chi connectivity index (χ0n) is 14.6. The van der Waals surface area contributed by atoms with E-state index in [0.717, 1.165) is 19.5 Å². The molecular weight excluding hydrogens is 318 g/mol. The Labute approximate surface area is 148 Å². The van der Waals surface area contributed by atoms with Crippen LogP contribution in [0.4, 0.5) is 0 Å². The van der Waals surface area contributed by atoms with Crippen LogP contribution in [0.15, 0.2) is 35.7 Å². The number of nitrogens with zero attached hydrogens (tertiary/aromatic N) is 1. The standard InChI is InChI=1S/C20H25NO2S/c1-14(2)16-6-4-5-7-17(16)18(12-20(22)23-3)21-10-8-19-15(13-21)9-11-24-19/h4-7,9,11,14,18H,8,10,12-13H2,1-3H3/t18-/m1/s1. The molecule has 0 fully saturated rings. The van der Waals surface area contributed by atoms with Crippen LogP contribution in [-0.4, -0.2) is 24.5 Å². The van der Waals surface area contributed by atoms with E-state index in [-0.39, 0.29) is 12.0 Å². The number of rotatable bonds is 5. The van der Waals surface area contributed by atoms with E-state index in [0.29, 0.717) is 12.3 Å². The number of thiophene rings is 1. The third-order valence-electron chi connectivity index (χ3n) is 4.84.